The van der Waals surface area contributed by atoms with Crippen LogP contribution in [0.4, 0.5) is 0 Å². The van der Waals surface area contributed by atoms with Crippen molar-refractivity contribution in [3.63, 3.8) is 0 Å². The van der Waals surface area contributed by atoms with Crippen LogP contribution >= 0.6 is 0 Å². The second kappa shape index (κ2) is 5.75. The molecule has 82 valence electrons. The minimum absolute atomic E-state index is 0.531. The van der Waals surface area contributed by atoms with Gasteiger partial charge in [0.2, 0.25) is 0 Å². The second-order valence-corrected chi connectivity index (χ2v) is 4.68. The van der Waals surface area contributed by atoms with Crippen LogP contribution in [0, 0.1) is 11.8 Å². The molecule has 0 radical (unpaired) electrons. The van der Waals surface area contributed by atoms with Crippen LogP contribution in [0.3, 0.4) is 0 Å². The Kier molecular flexibility index (Phi) is 4.61. The van der Waals surface area contributed by atoms with Gasteiger partial charge in [-0.15, -0.1) is 0 Å². The zero-order valence-corrected chi connectivity index (χ0v) is 10.2. The van der Waals surface area contributed by atoms with Crippen LogP contribution in [0.5, 0.6) is 0 Å². The van der Waals surface area contributed by atoms with Gasteiger partial charge in [0, 0.05) is 0 Å². The topological polar surface area (TPSA) is 0 Å². The summed E-state index contributed by atoms with van der Waals surface area (Å²) in [5, 5.41) is 0. The second-order valence-electron chi connectivity index (χ2n) is 4.68. The summed E-state index contributed by atoms with van der Waals surface area (Å²) in [6, 6.07) is 0. The molecule has 1 rings (SSSR count). The highest BCUT2D eigenvalue weighted by molar-refractivity contribution is 5.24. The van der Waals surface area contributed by atoms with Gasteiger partial charge in [-0.25, -0.2) is 0 Å². The first-order chi connectivity index (χ1) is 7.09. The Balaban J connectivity index is 2.87. The average Bonchev–Trinajstić information content (AvgIpc) is 2.16. The van der Waals surface area contributed by atoms with Crippen LogP contribution in [-0.2, 0) is 0 Å². The third-order valence-electron chi connectivity index (χ3n) is 2.84. The molecular weight excluding hydrogens is 180 g/mol. The lowest BCUT2D eigenvalue weighted by Crippen LogP contribution is -2.02. The van der Waals surface area contributed by atoms with E-state index in [-0.39, 0.29) is 0 Å². The standard InChI is InChI=1S/C15H22/c1-12(2)15-10-8-13(3)6-5-7-14(4)9-11-15/h7-12,15H,3,5-6H2,1-2,4H3/b10-8+,11-9-,14-7+/t15-/m0/s1. The lowest BCUT2D eigenvalue weighted by molar-refractivity contribution is 0.549. The van der Waals surface area contributed by atoms with E-state index in [0.29, 0.717) is 11.8 Å². The van der Waals surface area contributed by atoms with E-state index < -0.39 is 0 Å². The molecule has 15 heavy (non-hydrogen) atoms. The molecule has 0 spiro atoms. The van der Waals surface area contributed by atoms with Crippen molar-refractivity contribution in [2.75, 3.05) is 0 Å². The maximum atomic E-state index is 4.07. The minimum atomic E-state index is 0.531. The van der Waals surface area contributed by atoms with Crippen LogP contribution in [0.1, 0.15) is 33.6 Å². The molecule has 0 saturated carbocycles. The number of allylic oxidation sites excluding steroid dienone is 7. The van der Waals surface area contributed by atoms with Crippen molar-refractivity contribution in [1.29, 1.82) is 0 Å². The molecule has 1 atom stereocenters. The van der Waals surface area contributed by atoms with Crippen LogP contribution < -0.4 is 0 Å². The van der Waals surface area contributed by atoms with E-state index in [2.05, 4.69) is 57.7 Å². The quantitative estimate of drug-likeness (QED) is 0.579. The fraction of sp³-hybridized carbons (Fsp3) is 0.467. The Labute approximate surface area is 94.1 Å². The molecule has 0 nitrogen and oxygen atoms in total. The van der Waals surface area contributed by atoms with E-state index >= 15 is 0 Å². The largest absolute Gasteiger partial charge is 0.0958 e. The molecule has 0 heterocycles. The summed E-state index contributed by atoms with van der Waals surface area (Å²) >= 11 is 0. The number of rotatable bonds is 1. The summed E-state index contributed by atoms with van der Waals surface area (Å²) in [7, 11) is 0. The van der Waals surface area contributed by atoms with Crippen molar-refractivity contribution < 1.29 is 0 Å². The van der Waals surface area contributed by atoms with Crippen molar-refractivity contribution in [1.82, 2.24) is 0 Å². The molecular formula is C15H22. The molecule has 1 aliphatic rings. The fourth-order valence-corrected chi connectivity index (χ4v) is 1.66. The van der Waals surface area contributed by atoms with E-state index in [4.69, 9.17) is 0 Å². The molecule has 0 saturated heterocycles. The summed E-state index contributed by atoms with van der Waals surface area (Å²) in [5.74, 6) is 1.18. The summed E-state index contributed by atoms with van der Waals surface area (Å²) in [4.78, 5) is 0. The predicted molar refractivity (Wildman–Crippen MR) is 68.7 cm³/mol. The number of hydrogen-bond donors (Lipinski definition) is 0. The highest BCUT2D eigenvalue weighted by Crippen LogP contribution is 2.19. The molecule has 0 N–H and O–H groups in total. The van der Waals surface area contributed by atoms with Gasteiger partial charge in [0.15, 0.2) is 0 Å². The van der Waals surface area contributed by atoms with Gasteiger partial charge in [-0.05, 0) is 31.6 Å². The van der Waals surface area contributed by atoms with Gasteiger partial charge < -0.3 is 0 Å². The maximum absolute atomic E-state index is 4.07. The first-order valence-corrected chi connectivity index (χ1v) is 5.80. The van der Waals surface area contributed by atoms with Gasteiger partial charge in [0.25, 0.3) is 0 Å². The molecule has 0 aliphatic heterocycles. The third-order valence-corrected chi connectivity index (χ3v) is 2.84. The van der Waals surface area contributed by atoms with Crippen molar-refractivity contribution in [2.24, 2.45) is 11.8 Å². The van der Waals surface area contributed by atoms with Crippen molar-refractivity contribution >= 4 is 0 Å². The van der Waals surface area contributed by atoms with Crippen LogP contribution in [0.2, 0.25) is 0 Å². The highest BCUT2D eigenvalue weighted by Gasteiger charge is 2.06. The zero-order valence-electron chi connectivity index (χ0n) is 10.2. The first-order valence-electron chi connectivity index (χ1n) is 5.80. The van der Waals surface area contributed by atoms with Crippen LogP contribution in [0.15, 0.2) is 48.1 Å². The highest BCUT2D eigenvalue weighted by atomic mass is 14.1. The van der Waals surface area contributed by atoms with E-state index in [1.165, 1.54) is 11.1 Å². The molecule has 0 fully saturated rings. The molecule has 0 aromatic carbocycles. The van der Waals surface area contributed by atoms with Gasteiger partial charge in [0.05, 0.1) is 0 Å². The van der Waals surface area contributed by atoms with Crippen LogP contribution in [-0.4, -0.2) is 0 Å². The molecule has 0 amide bonds. The van der Waals surface area contributed by atoms with Gasteiger partial charge in [-0.3, -0.25) is 0 Å². The monoisotopic (exact) mass is 202 g/mol. The molecule has 0 aromatic heterocycles. The van der Waals surface area contributed by atoms with E-state index in [0.717, 1.165) is 12.8 Å². The SMILES string of the molecule is C=C1/C=C/[C@H](C(C)C)/C=C\C(C)=C\CC1. The number of hydrogen-bond acceptors (Lipinski definition) is 0. The normalized spacial score (nSPS) is 30.8. The lowest BCUT2D eigenvalue weighted by Gasteiger charge is -2.13. The third kappa shape index (κ3) is 4.33. The zero-order chi connectivity index (χ0) is 11.3. The molecule has 0 aromatic rings. The van der Waals surface area contributed by atoms with Gasteiger partial charge in [-0.1, -0.05) is 62.0 Å². The Morgan fingerprint density at radius 2 is 1.93 bits per heavy atom. The first kappa shape index (κ1) is 12.0. The molecule has 0 heteroatoms. The molecule has 0 bridgehead atoms. The van der Waals surface area contributed by atoms with Crippen molar-refractivity contribution in [3.05, 3.63) is 48.1 Å². The van der Waals surface area contributed by atoms with E-state index in [9.17, 15) is 0 Å². The fourth-order valence-electron chi connectivity index (χ4n) is 1.66. The van der Waals surface area contributed by atoms with E-state index in [1.54, 1.807) is 0 Å². The maximum Gasteiger partial charge on any atom is -0.00240 e. The Morgan fingerprint density at radius 1 is 1.27 bits per heavy atom. The van der Waals surface area contributed by atoms with E-state index in [1.807, 2.05) is 0 Å². The summed E-state index contributed by atoms with van der Waals surface area (Å²) in [6.07, 6.45) is 13.5. The Bertz CT molecular complexity index is 300. The summed E-state index contributed by atoms with van der Waals surface area (Å²) in [6.45, 7) is 10.7. The average molecular weight is 202 g/mol. The summed E-state index contributed by atoms with van der Waals surface area (Å²) < 4.78 is 0. The predicted octanol–water partition coefficient (Wildman–Crippen LogP) is 4.67. The lowest BCUT2D eigenvalue weighted by atomic mass is 9.92. The van der Waals surface area contributed by atoms with Gasteiger partial charge in [-0.2, -0.15) is 0 Å². The summed E-state index contributed by atoms with van der Waals surface area (Å²) in [5.41, 5.74) is 2.60. The molecule has 0 unspecified atom stereocenters. The van der Waals surface area contributed by atoms with Crippen molar-refractivity contribution in [3.8, 4) is 0 Å². The van der Waals surface area contributed by atoms with Gasteiger partial charge in [0.1, 0.15) is 0 Å². The molecule has 1 aliphatic carbocycles. The Morgan fingerprint density at radius 3 is 2.60 bits per heavy atom. The van der Waals surface area contributed by atoms with Gasteiger partial charge >= 0.3 is 0 Å². The van der Waals surface area contributed by atoms with Crippen LogP contribution in [0.25, 0.3) is 0 Å². The minimum Gasteiger partial charge on any atom is -0.0958 e. The Hall–Kier alpha value is -1.04. The van der Waals surface area contributed by atoms with Crippen molar-refractivity contribution in [2.45, 2.75) is 33.6 Å². The smallest absolute Gasteiger partial charge is 0.00240 e.